The van der Waals surface area contributed by atoms with Gasteiger partial charge >= 0.3 is 5.97 Å². The third-order valence-corrected chi connectivity index (χ3v) is 2.01. The van der Waals surface area contributed by atoms with Crippen molar-refractivity contribution in [3.8, 4) is 5.75 Å². The Labute approximate surface area is 90.8 Å². The Morgan fingerprint density at radius 2 is 2.19 bits per heavy atom. The molecule has 1 aromatic carbocycles. The van der Waals surface area contributed by atoms with E-state index in [9.17, 15) is 14.9 Å². The van der Waals surface area contributed by atoms with Crippen LogP contribution in [0.15, 0.2) is 12.1 Å². The molecule has 0 unspecified atom stereocenters. The molecule has 1 aromatic rings. The third kappa shape index (κ3) is 2.02. The first-order valence-corrected chi connectivity index (χ1v) is 4.28. The summed E-state index contributed by atoms with van der Waals surface area (Å²) in [5.74, 6) is -1.20. The molecule has 0 radical (unpaired) electrons. The van der Waals surface area contributed by atoms with Crippen LogP contribution in [0.1, 0.15) is 10.4 Å². The van der Waals surface area contributed by atoms with Gasteiger partial charge in [-0.3, -0.25) is 10.1 Å². The largest absolute Gasteiger partial charge is 0.496 e. The van der Waals surface area contributed by atoms with Gasteiger partial charge in [0.1, 0.15) is 17.0 Å². The Bertz CT molecular complexity index is 407. The molecule has 86 valence electrons. The van der Waals surface area contributed by atoms with E-state index in [0.717, 1.165) is 6.07 Å². The maximum absolute atomic E-state index is 10.8. The van der Waals surface area contributed by atoms with Gasteiger partial charge < -0.3 is 15.2 Å². The summed E-state index contributed by atoms with van der Waals surface area (Å²) >= 11 is 0. The number of carboxylic acid groups (broad SMARTS) is 1. The maximum Gasteiger partial charge on any atom is 0.339 e. The lowest BCUT2D eigenvalue weighted by Crippen LogP contribution is -2.04. The highest BCUT2D eigenvalue weighted by Gasteiger charge is 2.21. The van der Waals surface area contributed by atoms with Crippen molar-refractivity contribution in [1.82, 2.24) is 0 Å². The summed E-state index contributed by atoms with van der Waals surface area (Å²) in [6, 6.07) is 2.24. The molecule has 0 saturated carbocycles. The number of aromatic carboxylic acids is 1. The van der Waals surface area contributed by atoms with E-state index in [-0.39, 0.29) is 22.7 Å². The number of carboxylic acids is 1. The third-order valence-electron chi connectivity index (χ3n) is 2.01. The molecule has 0 aliphatic carbocycles. The fourth-order valence-electron chi connectivity index (χ4n) is 1.26. The molecule has 7 heteroatoms. The van der Waals surface area contributed by atoms with Gasteiger partial charge in [0.2, 0.25) is 0 Å². The minimum absolute atomic E-state index is 0.0717. The number of nitrogens with zero attached hydrogens (tertiary/aromatic N) is 1. The standard InChI is InChI=1S/C9H10N2O5/c1-10-6-4-8(16-2)5(9(12)13)3-7(6)11(14)15/h3-4,10H,1-2H3,(H,12,13). The lowest BCUT2D eigenvalue weighted by Gasteiger charge is -2.08. The van der Waals surface area contributed by atoms with Gasteiger partial charge in [-0.1, -0.05) is 0 Å². The van der Waals surface area contributed by atoms with E-state index in [1.165, 1.54) is 20.2 Å². The predicted molar refractivity (Wildman–Crippen MR) is 56.2 cm³/mol. The highest BCUT2D eigenvalue weighted by atomic mass is 16.6. The molecule has 0 heterocycles. The number of anilines is 1. The molecular formula is C9H10N2O5. The Hall–Kier alpha value is -2.31. The van der Waals surface area contributed by atoms with Crippen molar-refractivity contribution in [3.63, 3.8) is 0 Å². The van der Waals surface area contributed by atoms with Crippen LogP contribution in [0.2, 0.25) is 0 Å². The summed E-state index contributed by atoms with van der Waals surface area (Å²) in [5, 5.41) is 22.1. The summed E-state index contributed by atoms with van der Waals surface area (Å²) in [6.45, 7) is 0. The molecule has 0 atom stereocenters. The van der Waals surface area contributed by atoms with Crippen molar-refractivity contribution in [2.45, 2.75) is 0 Å². The van der Waals surface area contributed by atoms with Gasteiger partial charge in [-0.05, 0) is 0 Å². The molecule has 1 rings (SSSR count). The number of hydrogen-bond acceptors (Lipinski definition) is 5. The summed E-state index contributed by atoms with van der Waals surface area (Å²) in [5.41, 5.74) is -0.347. The topological polar surface area (TPSA) is 102 Å². The normalized spacial score (nSPS) is 9.62. The highest BCUT2D eigenvalue weighted by Crippen LogP contribution is 2.32. The fraction of sp³-hybridized carbons (Fsp3) is 0.222. The lowest BCUT2D eigenvalue weighted by atomic mass is 10.1. The maximum atomic E-state index is 10.8. The number of carbonyl (C=O) groups is 1. The van der Waals surface area contributed by atoms with Crippen LogP contribution in [0.4, 0.5) is 11.4 Å². The Kier molecular flexibility index (Phi) is 3.29. The van der Waals surface area contributed by atoms with Crippen LogP contribution in [0, 0.1) is 10.1 Å². The molecule has 2 N–H and O–H groups in total. The van der Waals surface area contributed by atoms with Crippen molar-refractivity contribution in [2.24, 2.45) is 0 Å². The van der Waals surface area contributed by atoms with Gasteiger partial charge in [-0.2, -0.15) is 0 Å². The van der Waals surface area contributed by atoms with Crippen LogP contribution in [0.5, 0.6) is 5.75 Å². The highest BCUT2D eigenvalue weighted by molar-refractivity contribution is 5.93. The van der Waals surface area contributed by atoms with E-state index in [1.54, 1.807) is 0 Å². The van der Waals surface area contributed by atoms with Gasteiger partial charge in [0.05, 0.1) is 12.0 Å². The van der Waals surface area contributed by atoms with Gasteiger partial charge in [-0.25, -0.2) is 4.79 Å². The Morgan fingerprint density at radius 1 is 1.56 bits per heavy atom. The number of nitro benzene ring substituents is 1. The Balaban J connectivity index is 3.46. The van der Waals surface area contributed by atoms with Crippen molar-refractivity contribution < 1.29 is 19.6 Å². The quantitative estimate of drug-likeness (QED) is 0.593. The average molecular weight is 226 g/mol. The van der Waals surface area contributed by atoms with Gasteiger partial charge in [0.25, 0.3) is 5.69 Å². The zero-order chi connectivity index (χ0) is 12.3. The zero-order valence-electron chi connectivity index (χ0n) is 8.68. The first-order valence-electron chi connectivity index (χ1n) is 4.28. The minimum Gasteiger partial charge on any atom is -0.496 e. The second kappa shape index (κ2) is 4.47. The molecular weight excluding hydrogens is 216 g/mol. The second-order valence-corrected chi connectivity index (χ2v) is 2.88. The number of nitro groups is 1. The molecule has 7 nitrogen and oxygen atoms in total. The van der Waals surface area contributed by atoms with E-state index >= 15 is 0 Å². The molecule has 0 amide bonds. The summed E-state index contributed by atoms with van der Waals surface area (Å²) in [4.78, 5) is 20.9. The van der Waals surface area contributed by atoms with Crippen molar-refractivity contribution >= 4 is 17.3 Å². The molecule has 0 bridgehead atoms. The number of ether oxygens (including phenoxy) is 1. The van der Waals surface area contributed by atoms with E-state index in [4.69, 9.17) is 9.84 Å². The van der Waals surface area contributed by atoms with Crippen LogP contribution < -0.4 is 10.1 Å². The number of benzene rings is 1. The summed E-state index contributed by atoms with van der Waals surface area (Å²) < 4.78 is 4.84. The SMILES string of the molecule is CNc1cc(OC)c(C(=O)O)cc1[N+](=O)[O-]. The first kappa shape index (κ1) is 11.8. The number of rotatable bonds is 4. The monoisotopic (exact) mass is 226 g/mol. The predicted octanol–water partition coefficient (Wildman–Crippen LogP) is 1.34. The van der Waals surface area contributed by atoms with Gasteiger partial charge in [-0.15, -0.1) is 0 Å². The number of nitrogens with one attached hydrogen (secondary N) is 1. The minimum atomic E-state index is -1.28. The molecule has 16 heavy (non-hydrogen) atoms. The Morgan fingerprint density at radius 3 is 2.56 bits per heavy atom. The molecule has 0 fully saturated rings. The summed E-state index contributed by atoms with van der Waals surface area (Å²) in [6.07, 6.45) is 0. The van der Waals surface area contributed by atoms with Crippen molar-refractivity contribution in [1.29, 1.82) is 0 Å². The van der Waals surface area contributed by atoms with Crippen LogP contribution in [-0.2, 0) is 0 Å². The smallest absolute Gasteiger partial charge is 0.339 e. The first-order chi connectivity index (χ1) is 7.51. The molecule has 0 aliphatic heterocycles. The van der Waals surface area contributed by atoms with Gasteiger partial charge in [0.15, 0.2) is 0 Å². The van der Waals surface area contributed by atoms with Crippen LogP contribution >= 0.6 is 0 Å². The lowest BCUT2D eigenvalue weighted by molar-refractivity contribution is -0.384. The van der Waals surface area contributed by atoms with Crippen molar-refractivity contribution in [2.75, 3.05) is 19.5 Å². The summed E-state index contributed by atoms with van der Waals surface area (Å²) in [7, 11) is 2.80. The van der Waals surface area contributed by atoms with Gasteiger partial charge in [0, 0.05) is 19.2 Å². The molecule has 0 saturated heterocycles. The average Bonchev–Trinajstić information content (AvgIpc) is 2.26. The molecule has 0 aromatic heterocycles. The van der Waals surface area contributed by atoms with E-state index in [1.807, 2.05) is 0 Å². The van der Waals surface area contributed by atoms with Crippen LogP contribution in [-0.4, -0.2) is 30.2 Å². The molecule has 0 spiro atoms. The fourth-order valence-corrected chi connectivity index (χ4v) is 1.26. The zero-order valence-corrected chi connectivity index (χ0v) is 8.68. The molecule has 0 aliphatic rings. The second-order valence-electron chi connectivity index (χ2n) is 2.88. The van der Waals surface area contributed by atoms with E-state index in [0.29, 0.717) is 0 Å². The number of methoxy groups -OCH3 is 1. The van der Waals surface area contributed by atoms with Crippen molar-refractivity contribution in [3.05, 3.63) is 27.8 Å². The van der Waals surface area contributed by atoms with E-state index < -0.39 is 10.9 Å². The number of hydrogen-bond donors (Lipinski definition) is 2. The van der Waals surface area contributed by atoms with Crippen LogP contribution in [0.3, 0.4) is 0 Å². The van der Waals surface area contributed by atoms with Crippen LogP contribution in [0.25, 0.3) is 0 Å². The van der Waals surface area contributed by atoms with E-state index in [2.05, 4.69) is 5.32 Å².